The van der Waals surface area contributed by atoms with Gasteiger partial charge in [0.15, 0.2) is 17.5 Å². The molecule has 0 unspecified atom stereocenters. The molecule has 4 nitrogen and oxygen atoms in total. The minimum absolute atomic E-state index is 0.0414. The van der Waals surface area contributed by atoms with E-state index in [0.29, 0.717) is 28.7 Å². The van der Waals surface area contributed by atoms with Gasteiger partial charge in [0.25, 0.3) is 0 Å². The second-order valence-electron chi connectivity index (χ2n) is 15.1. The molecule has 0 aliphatic carbocycles. The van der Waals surface area contributed by atoms with Crippen LogP contribution in [0.4, 0.5) is 0 Å². The quantitative estimate of drug-likeness (QED) is 0.161. The molecule has 0 fully saturated rings. The lowest BCUT2D eigenvalue weighted by molar-refractivity contribution is 1.07. The SMILES string of the molecule is [2H]c1cc([2H])c2c(c1[2H])c1c([2H])c([2H])cc([2H])c1n2-c1cc(-c2nc(-c3cccc(-c4ccccc4)c3)nc(-c3cccc(-c4ccccc4)c3)n2)ccc1-c1cccc2c1sc1ccccc12. The molecule has 0 aliphatic heterocycles. The molecule has 12 aromatic rings. The Morgan fingerprint density at radius 3 is 1.48 bits per heavy atom. The summed E-state index contributed by atoms with van der Waals surface area (Å²) in [6.45, 7) is 0. The summed E-state index contributed by atoms with van der Waals surface area (Å²) in [5.41, 5.74) is 9.14. The third-order valence-corrected chi connectivity index (χ3v) is 12.6. The van der Waals surface area contributed by atoms with Crippen molar-refractivity contribution in [2.45, 2.75) is 0 Å². The van der Waals surface area contributed by atoms with E-state index < -0.39 is 0 Å². The van der Waals surface area contributed by atoms with Crippen LogP contribution in [-0.4, -0.2) is 19.5 Å². The molecule has 0 aliphatic rings. The lowest BCUT2D eigenvalue weighted by Crippen LogP contribution is -2.02. The zero-order valence-corrected chi connectivity index (χ0v) is 33.8. The number of fused-ring (bicyclic) bond motifs is 6. The molecule has 9 aromatic carbocycles. The smallest absolute Gasteiger partial charge is 0.164 e. The monoisotopic (exact) mass is 814 g/mol. The summed E-state index contributed by atoms with van der Waals surface area (Å²) in [6.07, 6.45) is 0. The first kappa shape index (κ1) is 30.1. The molecule has 12 rings (SSSR count). The van der Waals surface area contributed by atoms with E-state index in [1.54, 1.807) is 15.9 Å². The number of thiophene rings is 1. The van der Waals surface area contributed by atoms with Crippen molar-refractivity contribution < 1.29 is 8.22 Å². The van der Waals surface area contributed by atoms with Gasteiger partial charge in [-0.2, -0.15) is 0 Å². The Kier molecular flexibility index (Phi) is 7.25. The molecule has 5 heteroatoms. The van der Waals surface area contributed by atoms with Gasteiger partial charge in [-0.05, 0) is 58.6 Å². The normalized spacial score (nSPS) is 12.9. The van der Waals surface area contributed by atoms with Crippen LogP contribution in [0.2, 0.25) is 0 Å². The minimum atomic E-state index is -0.176. The molecule has 62 heavy (non-hydrogen) atoms. The fraction of sp³-hybridized carbons (Fsp3) is 0. The Morgan fingerprint density at radius 2 is 0.871 bits per heavy atom. The van der Waals surface area contributed by atoms with E-state index in [0.717, 1.165) is 64.7 Å². The molecule has 0 saturated carbocycles. The molecule has 0 radical (unpaired) electrons. The van der Waals surface area contributed by atoms with E-state index in [2.05, 4.69) is 72.8 Å². The molecule has 0 bridgehead atoms. The minimum Gasteiger partial charge on any atom is -0.309 e. The lowest BCUT2D eigenvalue weighted by Gasteiger charge is -2.17. The van der Waals surface area contributed by atoms with Gasteiger partial charge in [-0.25, -0.2) is 15.0 Å². The molecule has 290 valence electrons. The summed E-state index contributed by atoms with van der Waals surface area (Å²) in [6, 6.07) is 59.0. The van der Waals surface area contributed by atoms with Gasteiger partial charge in [0, 0.05) is 58.8 Å². The van der Waals surface area contributed by atoms with Gasteiger partial charge >= 0.3 is 0 Å². The molecular formula is C57H36N4S. The summed E-state index contributed by atoms with van der Waals surface area (Å²) in [7, 11) is 0. The van der Waals surface area contributed by atoms with Gasteiger partial charge in [0.1, 0.15) is 0 Å². The van der Waals surface area contributed by atoms with Gasteiger partial charge in [-0.3, -0.25) is 0 Å². The van der Waals surface area contributed by atoms with Gasteiger partial charge in [0.2, 0.25) is 0 Å². The fourth-order valence-corrected chi connectivity index (χ4v) is 9.73. The Labute approximate surface area is 371 Å². The number of nitrogens with zero attached hydrogens (tertiary/aromatic N) is 4. The number of hydrogen-bond donors (Lipinski definition) is 0. The van der Waals surface area contributed by atoms with Gasteiger partial charge in [-0.15, -0.1) is 11.3 Å². The Morgan fingerprint density at radius 1 is 0.371 bits per heavy atom. The highest BCUT2D eigenvalue weighted by molar-refractivity contribution is 7.26. The van der Waals surface area contributed by atoms with Crippen molar-refractivity contribution in [3.63, 3.8) is 0 Å². The number of aromatic nitrogens is 4. The molecular weight excluding hydrogens is 773 g/mol. The van der Waals surface area contributed by atoms with Gasteiger partial charge < -0.3 is 4.57 Å². The topological polar surface area (TPSA) is 43.6 Å². The van der Waals surface area contributed by atoms with Crippen LogP contribution in [0, 0.1) is 0 Å². The maximum Gasteiger partial charge on any atom is 0.164 e. The number of hydrogen-bond acceptors (Lipinski definition) is 4. The predicted octanol–water partition coefficient (Wildman–Crippen LogP) is 15.3. The van der Waals surface area contributed by atoms with Crippen LogP contribution in [0.1, 0.15) is 8.22 Å². The van der Waals surface area contributed by atoms with Crippen LogP contribution < -0.4 is 0 Å². The highest BCUT2D eigenvalue weighted by Gasteiger charge is 2.21. The number of benzene rings is 9. The largest absolute Gasteiger partial charge is 0.309 e. The van der Waals surface area contributed by atoms with Crippen LogP contribution in [-0.2, 0) is 0 Å². The first-order valence-corrected chi connectivity index (χ1v) is 21.2. The third kappa shape index (κ3) is 6.18. The van der Waals surface area contributed by atoms with Gasteiger partial charge in [-0.1, -0.05) is 182 Å². The highest BCUT2D eigenvalue weighted by Crippen LogP contribution is 2.44. The van der Waals surface area contributed by atoms with E-state index >= 15 is 0 Å². The van der Waals surface area contributed by atoms with Crippen molar-refractivity contribution in [1.29, 1.82) is 0 Å². The van der Waals surface area contributed by atoms with Crippen LogP contribution in [0.5, 0.6) is 0 Å². The van der Waals surface area contributed by atoms with Crippen LogP contribution >= 0.6 is 11.3 Å². The van der Waals surface area contributed by atoms with E-state index in [1.807, 2.05) is 97.1 Å². The van der Waals surface area contributed by atoms with Crippen molar-refractivity contribution in [3.8, 4) is 73.2 Å². The van der Waals surface area contributed by atoms with E-state index in [9.17, 15) is 5.48 Å². The lowest BCUT2D eigenvalue weighted by atomic mass is 9.98. The highest BCUT2D eigenvalue weighted by atomic mass is 32.1. The molecule has 0 spiro atoms. The van der Waals surface area contributed by atoms with Crippen LogP contribution in [0.15, 0.2) is 218 Å². The van der Waals surface area contributed by atoms with E-state index in [1.165, 1.54) is 12.1 Å². The molecule has 0 amide bonds. The van der Waals surface area contributed by atoms with Crippen molar-refractivity contribution in [2.24, 2.45) is 0 Å². The van der Waals surface area contributed by atoms with Crippen molar-refractivity contribution in [3.05, 3.63) is 218 Å². The zero-order valence-electron chi connectivity index (χ0n) is 39.0. The van der Waals surface area contributed by atoms with Crippen molar-refractivity contribution in [2.75, 3.05) is 0 Å². The van der Waals surface area contributed by atoms with Crippen LogP contribution in [0.25, 0.3) is 115 Å². The summed E-state index contributed by atoms with van der Waals surface area (Å²) in [5.74, 6) is 1.32. The average molecular weight is 815 g/mol. The molecule has 0 N–H and O–H groups in total. The second-order valence-corrected chi connectivity index (χ2v) is 16.2. The predicted molar refractivity (Wildman–Crippen MR) is 260 cm³/mol. The summed E-state index contributed by atoms with van der Waals surface area (Å²) in [4.78, 5) is 15.6. The second kappa shape index (κ2) is 14.9. The molecule has 3 aromatic heterocycles. The summed E-state index contributed by atoms with van der Waals surface area (Å²) >= 11 is 1.68. The molecule has 0 saturated heterocycles. The van der Waals surface area contributed by atoms with Crippen molar-refractivity contribution in [1.82, 2.24) is 19.5 Å². The van der Waals surface area contributed by atoms with E-state index in [-0.39, 0.29) is 58.1 Å². The zero-order chi connectivity index (χ0) is 46.2. The summed E-state index contributed by atoms with van der Waals surface area (Å²) < 4.78 is 58.5. The van der Waals surface area contributed by atoms with E-state index in [4.69, 9.17) is 17.7 Å². The Balaban J connectivity index is 1.16. The molecule has 0 atom stereocenters. The first-order chi connectivity index (χ1) is 33.2. The summed E-state index contributed by atoms with van der Waals surface area (Å²) in [5, 5.41) is 2.59. The Hall–Kier alpha value is -7.99. The standard InChI is InChI=1S/C57H36N4S/c1-3-16-37(17-4-1)39-20-13-22-41(34-39)55-58-56(42-23-14-21-40(35-42)38-18-5-2-6-19-38)60-57(59-55)43-32-33-46(48-27-15-28-49-47-26-9-12-31-53(47)62-54(48)49)52(36-43)61-50-29-10-7-24-44(50)45-25-8-11-30-51(45)61/h1-36H/i7D,8D,24D,25D,29D,30D. The molecule has 3 heterocycles. The maximum absolute atomic E-state index is 9.40. The third-order valence-electron chi connectivity index (χ3n) is 11.4. The average Bonchev–Trinajstić information content (AvgIpc) is 3.96. The maximum atomic E-state index is 9.40. The fourth-order valence-electron chi connectivity index (χ4n) is 8.50. The Bertz CT molecular complexity index is 3830. The number of rotatable bonds is 7. The van der Waals surface area contributed by atoms with Crippen LogP contribution in [0.3, 0.4) is 0 Å². The first-order valence-electron chi connectivity index (χ1n) is 23.3. The van der Waals surface area contributed by atoms with Gasteiger partial charge in [0.05, 0.1) is 24.9 Å². The van der Waals surface area contributed by atoms with Crippen molar-refractivity contribution >= 4 is 53.3 Å². The number of para-hydroxylation sites is 2.